The summed E-state index contributed by atoms with van der Waals surface area (Å²) in [4.78, 5) is 12.1. The van der Waals surface area contributed by atoms with Crippen LogP contribution in [-0.4, -0.2) is 11.0 Å². The van der Waals surface area contributed by atoms with Crippen molar-refractivity contribution in [1.29, 1.82) is 0 Å². The molecule has 0 atom stereocenters. The molecule has 0 bridgehead atoms. The number of azo groups is 1. The van der Waals surface area contributed by atoms with Gasteiger partial charge in [-0.2, -0.15) is 0 Å². The molecule has 0 aliphatic carbocycles. The fourth-order valence-corrected chi connectivity index (χ4v) is 2.56. The molecule has 0 radical (unpaired) electrons. The van der Waals surface area contributed by atoms with Crippen LogP contribution in [0.4, 0.5) is 5.69 Å². The van der Waals surface area contributed by atoms with E-state index < -0.39 is 0 Å². The second-order valence-electron chi connectivity index (χ2n) is 8.26. The molecule has 0 fully saturated rings. The third kappa shape index (κ3) is 4.53. The normalized spacial score (nSPS) is 12.6. The van der Waals surface area contributed by atoms with Crippen LogP contribution in [0.25, 0.3) is 0 Å². The molecule has 0 saturated carbocycles. The van der Waals surface area contributed by atoms with Crippen molar-refractivity contribution < 1.29 is 9.90 Å². The Kier molecular flexibility index (Phi) is 5.12. The van der Waals surface area contributed by atoms with Gasteiger partial charge in [0.25, 0.3) is 5.91 Å². The number of nitrogens with zero attached hydrogens (tertiary/aromatic N) is 2. The van der Waals surface area contributed by atoms with Gasteiger partial charge in [0, 0.05) is 16.7 Å². The van der Waals surface area contributed by atoms with Crippen LogP contribution in [0.15, 0.2) is 52.7 Å². The molecule has 0 aromatic heterocycles. The SMILES string of the molecule is CC(C)(C)c1cc(N=NC(=O)c2ccccc2)cc(C(C)(C)C)c1O. The predicted molar refractivity (Wildman–Crippen MR) is 101 cm³/mol. The molecule has 1 N–H and O–H groups in total. The van der Waals surface area contributed by atoms with Crippen LogP contribution in [0.1, 0.15) is 63.0 Å². The highest BCUT2D eigenvalue weighted by Crippen LogP contribution is 2.41. The molecule has 2 aromatic carbocycles. The molecule has 132 valence electrons. The van der Waals surface area contributed by atoms with Gasteiger partial charge in [-0.25, -0.2) is 0 Å². The van der Waals surface area contributed by atoms with E-state index in [1.54, 1.807) is 36.4 Å². The van der Waals surface area contributed by atoms with Crippen molar-refractivity contribution >= 4 is 11.6 Å². The number of amides is 1. The molecule has 4 nitrogen and oxygen atoms in total. The molecule has 0 aliphatic rings. The quantitative estimate of drug-likeness (QED) is 0.692. The number of carbonyl (C=O) groups is 1. The van der Waals surface area contributed by atoms with E-state index >= 15 is 0 Å². The lowest BCUT2D eigenvalue weighted by molar-refractivity contribution is 0.0995. The second-order valence-corrected chi connectivity index (χ2v) is 8.26. The van der Waals surface area contributed by atoms with Crippen LogP contribution < -0.4 is 0 Å². The first-order valence-corrected chi connectivity index (χ1v) is 8.39. The van der Waals surface area contributed by atoms with Gasteiger partial charge >= 0.3 is 0 Å². The summed E-state index contributed by atoms with van der Waals surface area (Å²) < 4.78 is 0. The lowest BCUT2D eigenvalue weighted by Gasteiger charge is -2.27. The Morgan fingerprint density at radius 2 is 1.36 bits per heavy atom. The van der Waals surface area contributed by atoms with E-state index in [0.29, 0.717) is 11.3 Å². The van der Waals surface area contributed by atoms with Crippen LogP contribution in [0.5, 0.6) is 5.75 Å². The molecule has 0 heterocycles. The zero-order chi connectivity index (χ0) is 18.8. The lowest BCUT2D eigenvalue weighted by atomic mass is 9.79. The topological polar surface area (TPSA) is 62.0 Å². The van der Waals surface area contributed by atoms with Crippen LogP contribution in [0.2, 0.25) is 0 Å². The van der Waals surface area contributed by atoms with Crippen LogP contribution in [0.3, 0.4) is 0 Å². The maximum atomic E-state index is 12.1. The fourth-order valence-electron chi connectivity index (χ4n) is 2.56. The van der Waals surface area contributed by atoms with Crippen molar-refractivity contribution in [1.82, 2.24) is 0 Å². The Balaban J connectivity index is 2.48. The molecular formula is C21H26N2O2. The molecule has 0 aliphatic heterocycles. The number of rotatable bonds is 2. The number of phenols is 1. The summed E-state index contributed by atoms with van der Waals surface area (Å²) in [5, 5.41) is 18.7. The number of aromatic hydroxyl groups is 1. The van der Waals surface area contributed by atoms with Gasteiger partial charge in [-0.3, -0.25) is 4.79 Å². The first-order chi connectivity index (χ1) is 11.5. The minimum atomic E-state index is -0.386. The van der Waals surface area contributed by atoms with E-state index in [9.17, 15) is 9.90 Å². The van der Waals surface area contributed by atoms with E-state index in [-0.39, 0.29) is 22.5 Å². The zero-order valence-electron chi connectivity index (χ0n) is 15.8. The monoisotopic (exact) mass is 338 g/mol. The molecule has 25 heavy (non-hydrogen) atoms. The van der Waals surface area contributed by atoms with Crippen molar-refractivity contribution in [2.75, 3.05) is 0 Å². The van der Waals surface area contributed by atoms with E-state index in [1.165, 1.54) is 0 Å². The van der Waals surface area contributed by atoms with Gasteiger partial charge in [0.15, 0.2) is 0 Å². The van der Waals surface area contributed by atoms with Gasteiger partial charge < -0.3 is 5.11 Å². The van der Waals surface area contributed by atoms with E-state index in [4.69, 9.17) is 0 Å². The third-order valence-electron chi connectivity index (χ3n) is 3.99. The van der Waals surface area contributed by atoms with Gasteiger partial charge in [-0.05, 0) is 35.1 Å². The summed E-state index contributed by atoms with van der Waals surface area (Å²) in [5.41, 5.74) is 2.15. The largest absolute Gasteiger partial charge is 0.507 e. The van der Waals surface area contributed by atoms with Crippen molar-refractivity contribution in [2.45, 2.75) is 52.4 Å². The molecular weight excluding hydrogens is 312 g/mol. The van der Waals surface area contributed by atoms with Crippen molar-refractivity contribution in [3.63, 3.8) is 0 Å². The molecule has 0 unspecified atom stereocenters. The third-order valence-corrected chi connectivity index (χ3v) is 3.99. The molecule has 2 rings (SSSR count). The number of hydrogen-bond donors (Lipinski definition) is 1. The number of hydrogen-bond acceptors (Lipinski definition) is 3. The van der Waals surface area contributed by atoms with Gasteiger partial charge in [-0.1, -0.05) is 59.7 Å². The Labute approximate surface area is 149 Å². The van der Waals surface area contributed by atoms with Crippen LogP contribution >= 0.6 is 0 Å². The summed E-state index contributed by atoms with van der Waals surface area (Å²) >= 11 is 0. The Hall–Kier alpha value is -2.49. The number of phenolic OH excluding ortho intramolecular Hbond substituents is 1. The maximum absolute atomic E-state index is 12.1. The van der Waals surface area contributed by atoms with Gasteiger partial charge in [-0.15, -0.1) is 10.2 Å². The average Bonchev–Trinajstić information content (AvgIpc) is 2.52. The molecule has 4 heteroatoms. The van der Waals surface area contributed by atoms with Gasteiger partial charge in [0.05, 0.1) is 5.69 Å². The Bertz CT molecular complexity index is 760. The summed E-state index contributed by atoms with van der Waals surface area (Å²) in [5.74, 6) is -0.100. The first kappa shape index (κ1) is 18.8. The maximum Gasteiger partial charge on any atom is 0.295 e. The fraction of sp³-hybridized carbons (Fsp3) is 0.381. The highest BCUT2D eigenvalue weighted by atomic mass is 16.3. The standard InChI is InChI=1S/C21H26N2O2/c1-20(2,3)16-12-15(13-17(18(16)24)21(4,5)6)22-23-19(25)14-10-8-7-9-11-14/h7-13,24H,1-6H3. The van der Waals surface area contributed by atoms with Gasteiger partial charge in [0.1, 0.15) is 5.75 Å². The molecule has 0 spiro atoms. The van der Waals surface area contributed by atoms with Crippen molar-refractivity contribution in [3.8, 4) is 5.75 Å². The molecule has 1 amide bonds. The number of carbonyl (C=O) groups excluding carboxylic acids is 1. The predicted octanol–water partition coefficient (Wildman–Crippen LogP) is 5.91. The summed E-state index contributed by atoms with van der Waals surface area (Å²) in [6.45, 7) is 12.2. The van der Waals surface area contributed by atoms with Gasteiger partial charge in [0.2, 0.25) is 0 Å². The van der Waals surface area contributed by atoms with E-state index in [2.05, 4.69) is 10.2 Å². The summed E-state index contributed by atoms with van der Waals surface area (Å²) in [6.07, 6.45) is 0. The molecule has 2 aromatic rings. The second kappa shape index (κ2) is 6.79. The number of benzene rings is 2. The highest BCUT2D eigenvalue weighted by molar-refractivity contribution is 5.94. The van der Waals surface area contributed by atoms with Crippen LogP contribution in [-0.2, 0) is 10.8 Å². The summed E-state index contributed by atoms with van der Waals surface area (Å²) in [7, 11) is 0. The van der Waals surface area contributed by atoms with E-state index in [1.807, 2.05) is 47.6 Å². The first-order valence-electron chi connectivity index (χ1n) is 8.39. The molecule has 0 saturated heterocycles. The van der Waals surface area contributed by atoms with Crippen molar-refractivity contribution in [2.24, 2.45) is 10.2 Å². The van der Waals surface area contributed by atoms with E-state index in [0.717, 1.165) is 11.1 Å². The minimum absolute atomic E-state index is 0.251. The Morgan fingerprint density at radius 1 is 0.880 bits per heavy atom. The Morgan fingerprint density at radius 3 is 1.80 bits per heavy atom. The minimum Gasteiger partial charge on any atom is -0.507 e. The zero-order valence-corrected chi connectivity index (χ0v) is 15.8. The van der Waals surface area contributed by atoms with Crippen LogP contribution in [0, 0.1) is 0 Å². The summed E-state index contributed by atoms with van der Waals surface area (Å²) in [6, 6.07) is 12.4. The highest BCUT2D eigenvalue weighted by Gasteiger charge is 2.26. The van der Waals surface area contributed by atoms with Crippen molar-refractivity contribution in [3.05, 3.63) is 59.2 Å². The smallest absolute Gasteiger partial charge is 0.295 e. The average molecular weight is 338 g/mol. The lowest BCUT2D eigenvalue weighted by Crippen LogP contribution is -2.16.